The van der Waals surface area contributed by atoms with Crippen molar-refractivity contribution in [3.63, 3.8) is 0 Å². The highest BCUT2D eigenvalue weighted by molar-refractivity contribution is 7.20. The van der Waals surface area contributed by atoms with Crippen molar-refractivity contribution < 1.29 is 14.0 Å². The van der Waals surface area contributed by atoms with Gasteiger partial charge >= 0.3 is 0 Å². The number of carbonyl (C=O) groups excluding carboxylic acids is 2. The Balaban J connectivity index is 1.47. The van der Waals surface area contributed by atoms with Crippen LogP contribution in [-0.4, -0.2) is 27.4 Å². The van der Waals surface area contributed by atoms with E-state index in [1.165, 1.54) is 11.3 Å². The number of fused-ring (bicyclic) bond motifs is 1. The zero-order valence-electron chi connectivity index (χ0n) is 16.7. The van der Waals surface area contributed by atoms with Crippen LogP contribution in [0.4, 0.5) is 0 Å². The number of amides is 2. The maximum Gasteiger partial charge on any atom is 0.251 e. The number of thiazole rings is 1. The summed E-state index contributed by atoms with van der Waals surface area (Å²) in [5, 5.41) is 6.51. The normalized spacial score (nSPS) is 12.2. The molecule has 1 aromatic carbocycles. The van der Waals surface area contributed by atoms with Crippen LogP contribution in [0.1, 0.15) is 30.0 Å². The Morgan fingerprint density at radius 3 is 2.67 bits per heavy atom. The van der Waals surface area contributed by atoms with E-state index in [0.29, 0.717) is 11.3 Å². The zero-order valence-corrected chi connectivity index (χ0v) is 17.5. The summed E-state index contributed by atoms with van der Waals surface area (Å²) in [5.74, 6) is 0.0486. The molecule has 0 radical (unpaired) electrons. The Morgan fingerprint density at radius 1 is 1.17 bits per heavy atom. The molecule has 4 rings (SSSR count). The highest BCUT2D eigenvalue weighted by Gasteiger charge is 2.25. The largest absolute Gasteiger partial charge is 0.467 e. The Bertz CT molecular complexity index is 1150. The van der Waals surface area contributed by atoms with E-state index in [4.69, 9.17) is 4.42 Å². The quantitative estimate of drug-likeness (QED) is 0.475. The number of nitrogens with zero attached hydrogens (tertiary/aromatic N) is 2. The fraction of sp³-hybridized carbons (Fsp3) is 0.227. The second-order valence-corrected chi connectivity index (χ2v) is 8.27. The molecule has 0 spiro atoms. The van der Waals surface area contributed by atoms with Gasteiger partial charge in [0.1, 0.15) is 11.8 Å². The van der Waals surface area contributed by atoms with Gasteiger partial charge in [0.25, 0.3) is 5.91 Å². The maximum absolute atomic E-state index is 12.8. The van der Waals surface area contributed by atoms with Gasteiger partial charge in [-0.3, -0.25) is 9.59 Å². The van der Waals surface area contributed by atoms with Gasteiger partial charge in [-0.1, -0.05) is 25.2 Å². The van der Waals surface area contributed by atoms with Crippen LogP contribution >= 0.6 is 11.3 Å². The van der Waals surface area contributed by atoms with Crippen molar-refractivity contribution in [3.05, 3.63) is 72.4 Å². The Hall–Kier alpha value is -3.39. The molecule has 0 aliphatic rings. The molecular weight excluding hydrogens is 400 g/mol. The molecule has 2 N–H and O–H groups in total. The summed E-state index contributed by atoms with van der Waals surface area (Å²) in [6.07, 6.45) is 5.42. The van der Waals surface area contributed by atoms with E-state index in [1.807, 2.05) is 55.1 Å². The Kier molecular flexibility index (Phi) is 5.67. The van der Waals surface area contributed by atoms with Gasteiger partial charge in [-0.05, 0) is 48.4 Å². The highest BCUT2D eigenvalue weighted by Crippen LogP contribution is 2.26. The van der Waals surface area contributed by atoms with Crippen molar-refractivity contribution in [2.24, 2.45) is 5.92 Å². The average molecular weight is 423 g/mol. The summed E-state index contributed by atoms with van der Waals surface area (Å²) < 4.78 is 8.08. The molecule has 3 heterocycles. The van der Waals surface area contributed by atoms with Gasteiger partial charge in [0.05, 0.1) is 23.0 Å². The molecule has 0 saturated carbocycles. The third-order valence-electron chi connectivity index (χ3n) is 4.72. The fourth-order valence-corrected chi connectivity index (χ4v) is 4.06. The molecule has 0 saturated heterocycles. The number of furan rings is 1. The third-order valence-corrected chi connectivity index (χ3v) is 5.75. The second-order valence-electron chi connectivity index (χ2n) is 7.26. The van der Waals surface area contributed by atoms with Gasteiger partial charge in [-0.2, -0.15) is 0 Å². The lowest BCUT2D eigenvalue weighted by atomic mass is 10.0. The molecular formula is C22H22N4O3S. The van der Waals surface area contributed by atoms with Crippen molar-refractivity contribution in [1.29, 1.82) is 0 Å². The molecule has 30 heavy (non-hydrogen) atoms. The van der Waals surface area contributed by atoms with Crippen molar-refractivity contribution in [2.45, 2.75) is 26.4 Å². The molecule has 0 aliphatic heterocycles. The van der Waals surface area contributed by atoms with Crippen molar-refractivity contribution >= 4 is 33.4 Å². The first-order valence-corrected chi connectivity index (χ1v) is 10.5. The standard InChI is InChI=1S/C22H22N4O3S/c1-14(2)19(21(28)23-13-16-6-5-11-29-16)25-20(27)15-7-8-17-18(12-15)30-22(24-17)26-9-3-4-10-26/h3-12,14,19H,13H2,1-2H3,(H,23,28)(H,25,27)/t19-/m0/s1. The lowest BCUT2D eigenvalue weighted by Gasteiger charge is -2.21. The van der Waals surface area contributed by atoms with Gasteiger partial charge in [0.2, 0.25) is 5.91 Å². The first-order chi connectivity index (χ1) is 14.5. The first kappa shape index (κ1) is 19.9. The Morgan fingerprint density at radius 2 is 1.97 bits per heavy atom. The maximum atomic E-state index is 12.8. The number of benzene rings is 1. The average Bonchev–Trinajstić information content (AvgIpc) is 3.49. The number of aromatic nitrogens is 2. The van der Waals surface area contributed by atoms with Crippen molar-refractivity contribution in [2.75, 3.05) is 0 Å². The van der Waals surface area contributed by atoms with E-state index in [2.05, 4.69) is 15.6 Å². The molecule has 0 aliphatic carbocycles. The van der Waals surface area contributed by atoms with E-state index < -0.39 is 6.04 Å². The predicted octanol–water partition coefficient (Wildman–Crippen LogP) is 3.75. The smallest absolute Gasteiger partial charge is 0.251 e. The number of hydrogen-bond acceptors (Lipinski definition) is 5. The lowest BCUT2D eigenvalue weighted by Crippen LogP contribution is -2.49. The summed E-state index contributed by atoms with van der Waals surface area (Å²) in [5.41, 5.74) is 1.33. The third kappa shape index (κ3) is 4.28. The van der Waals surface area contributed by atoms with Crippen molar-refractivity contribution in [1.82, 2.24) is 20.2 Å². The highest BCUT2D eigenvalue weighted by atomic mass is 32.1. The molecule has 0 unspecified atom stereocenters. The summed E-state index contributed by atoms with van der Waals surface area (Å²) in [4.78, 5) is 30.1. The van der Waals surface area contributed by atoms with E-state index in [9.17, 15) is 9.59 Å². The molecule has 0 bridgehead atoms. The number of nitrogens with one attached hydrogen (secondary N) is 2. The summed E-state index contributed by atoms with van der Waals surface area (Å²) >= 11 is 1.51. The van der Waals surface area contributed by atoms with Gasteiger partial charge in [0.15, 0.2) is 5.13 Å². The second kappa shape index (κ2) is 8.54. The summed E-state index contributed by atoms with van der Waals surface area (Å²) in [6, 6.07) is 12.1. The molecule has 8 heteroatoms. The van der Waals surface area contributed by atoms with Crippen LogP contribution in [0.3, 0.4) is 0 Å². The van der Waals surface area contributed by atoms with Crippen LogP contribution in [-0.2, 0) is 11.3 Å². The molecule has 1 atom stereocenters. The van der Waals surface area contributed by atoms with Crippen molar-refractivity contribution in [3.8, 4) is 5.13 Å². The van der Waals surface area contributed by atoms with E-state index in [-0.39, 0.29) is 24.3 Å². The number of rotatable bonds is 7. The first-order valence-electron chi connectivity index (χ1n) is 9.66. The number of hydrogen-bond donors (Lipinski definition) is 2. The number of carbonyl (C=O) groups is 2. The van der Waals surface area contributed by atoms with Crippen LogP contribution < -0.4 is 10.6 Å². The zero-order chi connectivity index (χ0) is 21.1. The van der Waals surface area contributed by atoms with Crippen LogP contribution in [0, 0.1) is 5.92 Å². The van der Waals surface area contributed by atoms with E-state index in [1.54, 1.807) is 24.5 Å². The molecule has 4 aromatic rings. The summed E-state index contributed by atoms with van der Waals surface area (Å²) in [6.45, 7) is 4.07. The molecule has 0 fully saturated rings. The molecule has 7 nitrogen and oxygen atoms in total. The fourth-order valence-electron chi connectivity index (χ4n) is 3.08. The van der Waals surface area contributed by atoms with Gasteiger partial charge < -0.3 is 19.6 Å². The molecule has 154 valence electrons. The molecule has 2 amide bonds. The summed E-state index contributed by atoms with van der Waals surface area (Å²) in [7, 11) is 0. The Labute approximate surface area is 177 Å². The monoisotopic (exact) mass is 422 g/mol. The topological polar surface area (TPSA) is 89.2 Å². The van der Waals surface area contributed by atoms with Crippen LogP contribution in [0.15, 0.2) is 65.5 Å². The minimum absolute atomic E-state index is 0.0713. The lowest BCUT2D eigenvalue weighted by molar-refractivity contribution is -0.124. The minimum atomic E-state index is -0.653. The predicted molar refractivity (Wildman–Crippen MR) is 116 cm³/mol. The van der Waals surface area contributed by atoms with Crippen LogP contribution in [0.25, 0.3) is 15.3 Å². The van der Waals surface area contributed by atoms with E-state index >= 15 is 0 Å². The molecule has 3 aromatic heterocycles. The van der Waals surface area contributed by atoms with Crippen LogP contribution in [0.2, 0.25) is 0 Å². The van der Waals surface area contributed by atoms with Gasteiger partial charge in [-0.15, -0.1) is 0 Å². The van der Waals surface area contributed by atoms with Gasteiger partial charge in [-0.25, -0.2) is 4.98 Å². The minimum Gasteiger partial charge on any atom is -0.467 e. The van der Waals surface area contributed by atoms with Gasteiger partial charge in [0, 0.05) is 18.0 Å². The van der Waals surface area contributed by atoms with E-state index in [0.717, 1.165) is 15.3 Å². The van der Waals surface area contributed by atoms with Crippen LogP contribution in [0.5, 0.6) is 0 Å². The SMILES string of the molecule is CC(C)[C@H](NC(=O)c1ccc2nc(-n3cccc3)sc2c1)C(=O)NCc1ccco1.